The fraction of sp³-hybridized carbons (Fsp3) is 0.917. The summed E-state index contributed by atoms with van der Waals surface area (Å²) in [7, 11) is 0. The molecule has 1 saturated heterocycles. The molecule has 0 bridgehead atoms. The van der Waals surface area contributed by atoms with E-state index in [2.05, 4.69) is 24.1 Å². The van der Waals surface area contributed by atoms with Crippen molar-refractivity contribution in [2.75, 3.05) is 32.8 Å². The fourth-order valence-corrected chi connectivity index (χ4v) is 2.15. The average molecular weight is 241 g/mol. The minimum absolute atomic E-state index is 0.00330. The highest BCUT2D eigenvalue weighted by Gasteiger charge is 2.45. The molecule has 2 rings (SSSR count). The summed E-state index contributed by atoms with van der Waals surface area (Å²) in [6, 6.07) is 0. The number of nitrogens with one attached hydrogen (secondary N) is 1. The van der Waals surface area contributed by atoms with Crippen molar-refractivity contribution in [1.82, 2.24) is 10.2 Å². The van der Waals surface area contributed by atoms with Crippen molar-refractivity contribution in [3.05, 3.63) is 0 Å². The third-order valence-corrected chi connectivity index (χ3v) is 3.73. The Bertz CT molecular complexity index is 300. The molecule has 1 heterocycles. The van der Waals surface area contributed by atoms with Crippen LogP contribution in [0.25, 0.3) is 0 Å². The molecule has 3 N–H and O–H groups in total. The monoisotopic (exact) mass is 241 g/mol. The second kappa shape index (κ2) is 4.55. The van der Waals surface area contributed by atoms with Gasteiger partial charge in [0.15, 0.2) is 0 Å². The van der Waals surface area contributed by atoms with Crippen LogP contribution in [0.4, 0.5) is 0 Å². The lowest BCUT2D eigenvalue weighted by Gasteiger charge is -2.42. The Balaban J connectivity index is 1.72. The van der Waals surface area contributed by atoms with Gasteiger partial charge in [0.05, 0.1) is 18.8 Å². The maximum absolute atomic E-state index is 11.7. The van der Waals surface area contributed by atoms with Crippen LogP contribution in [0, 0.1) is 0 Å². The molecular formula is C12H23N3O2. The Hall–Kier alpha value is -0.650. The zero-order valence-corrected chi connectivity index (χ0v) is 10.8. The molecule has 0 spiro atoms. The highest BCUT2D eigenvalue weighted by Crippen LogP contribution is 2.31. The predicted octanol–water partition coefficient (Wildman–Crippen LogP) is -0.295. The first-order valence-electron chi connectivity index (χ1n) is 6.34. The van der Waals surface area contributed by atoms with Gasteiger partial charge in [-0.15, -0.1) is 0 Å². The summed E-state index contributed by atoms with van der Waals surface area (Å²) in [6.45, 7) is 8.31. The van der Waals surface area contributed by atoms with Crippen LogP contribution in [0.15, 0.2) is 0 Å². The first kappa shape index (κ1) is 12.8. The fourth-order valence-electron chi connectivity index (χ4n) is 2.15. The summed E-state index contributed by atoms with van der Waals surface area (Å²) in [5.41, 5.74) is 5.32. The van der Waals surface area contributed by atoms with Crippen LogP contribution in [0.1, 0.15) is 26.7 Å². The van der Waals surface area contributed by atoms with Crippen LogP contribution >= 0.6 is 0 Å². The highest BCUT2D eigenvalue weighted by molar-refractivity contribution is 5.88. The van der Waals surface area contributed by atoms with Gasteiger partial charge >= 0.3 is 0 Å². The molecule has 98 valence electrons. The molecule has 0 aromatic carbocycles. The molecule has 0 aromatic heterocycles. The van der Waals surface area contributed by atoms with Crippen molar-refractivity contribution in [1.29, 1.82) is 0 Å². The minimum Gasteiger partial charge on any atom is -0.378 e. The van der Waals surface area contributed by atoms with Gasteiger partial charge < -0.3 is 15.8 Å². The highest BCUT2D eigenvalue weighted by atomic mass is 16.5. The van der Waals surface area contributed by atoms with Gasteiger partial charge in [0.1, 0.15) is 0 Å². The topological polar surface area (TPSA) is 67.6 Å². The minimum atomic E-state index is -0.555. The van der Waals surface area contributed by atoms with Gasteiger partial charge in [-0.2, -0.15) is 0 Å². The van der Waals surface area contributed by atoms with Gasteiger partial charge in [-0.3, -0.25) is 9.69 Å². The Morgan fingerprint density at radius 2 is 2.18 bits per heavy atom. The van der Waals surface area contributed by atoms with Gasteiger partial charge in [-0.1, -0.05) is 0 Å². The summed E-state index contributed by atoms with van der Waals surface area (Å²) in [5, 5.41) is 2.92. The van der Waals surface area contributed by atoms with E-state index in [0.717, 1.165) is 39.1 Å². The molecule has 17 heavy (non-hydrogen) atoms. The van der Waals surface area contributed by atoms with Gasteiger partial charge in [0.25, 0.3) is 0 Å². The summed E-state index contributed by atoms with van der Waals surface area (Å²) in [5.74, 6) is 0.00330. The molecule has 1 aliphatic carbocycles. The second-order valence-electron chi connectivity index (χ2n) is 5.76. The zero-order valence-electron chi connectivity index (χ0n) is 10.8. The number of ether oxygens (including phenoxy) is 1. The number of rotatable bonds is 4. The van der Waals surface area contributed by atoms with Crippen molar-refractivity contribution in [2.24, 2.45) is 5.73 Å². The van der Waals surface area contributed by atoms with Crippen LogP contribution in [0.5, 0.6) is 0 Å². The van der Waals surface area contributed by atoms with Crippen molar-refractivity contribution in [3.8, 4) is 0 Å². The van der Waals surface area contributed by atoms with Crippen LogP contribution in [-0.2, 0) is 9.53 Å². The van der Waals surface area contributed by atoms with Crippen molar-refractivity contribution in [2.45, 2.75) is 37.8 Å². The van der Waals surface area contributed by atoms with E-state index in [0.29, 0.717) is 6.54 Å². The molecule has 5 nitrogen and oxygen atoms in total. The standard InChI is InChI=1S/C12H23N3O2/c1-11(2)9-17-8-7-15(11)6-5-14-10(16)12(13)3-4-12/h3-9,13H2,1-2H3,(H,14,16). The second-order valence-corrected chi connectivity index (χ2v) is 5.76. The lowest BCUT2D eigenvalue weighted by atomic mass is 10.0. The van der Waals surface area contributed by atoms with E-state index in [1.165, 1.54) is 0 Å². The summed E-state index contributed by atoms with van der Waals surface area (Å²) in [6.07, 6.45) is 1.64. The SMILES string of the molecule is CC1(C)COCCN1CCNC(=O)C1(N)CC1. The molecule has 1 amide bonds. The molecule has 0 unspecified atom stereocenters. The van der Waals surface area contributed by atoms with E-state index in [4.69, 9.17) is 10.5 Å². The number of carbonyl (C=O) groups is 1. The van der Waals surface area contributed by atoms with Crippen LogP contribution in [0.3, 0.4) is 0 Å². The number of morpholine rings is 1. The molecule has 2 fully saturated rings. The van der Waals surface area contributed by atoms with E-state index < -0.39 is 5.54 Å². The van der Waals surface area contributed by atoms with Gasteiger partial charge in [0, 0.05) is 25.2 Å². The van der Waals surface area contributed by atoms with Gasteiger partial charge in [-0.05, 0) is 26.7 Å². The lowest BCUT2D eigenvalue weighted by Crippen LogP contribution is -2.55. The van der Waals surface area contributed by atoms with E-state index in [1.807, 2.05) is 0 Å². The zero-order chi connectivity index (χ0) is 12.5. The van der Waals surface area contributed by atoms with Crippen molar-refractivity contribution in [3.63, 3.8) is 0 Å². The number of hydrogen-bond donors (Lipinski definition) is 2. The molecule has 1 saturated carbocycles. The number of carbonyl (C=O) groups excluding carboxylic acids is 1. The molecule has 5 heteroatoms. The average Bonchev–Trinajstić information content (AvgIpc) is 3.00. The van der Waals surface area contributed by atoms with Crippen LogP contribution < -0.4 is 11.1 Å². The first-order chi connectivity index (χ1) is 7.94. The van der Waals surface area contributed by atoms with E-state index in [1.54, 1.807) is 0 Å². The predicted molar refractivity (Wildman–Crippen MR) is 65.6 cm³/mol. The number of nitrogens with two attached hydrogens (primary N) is 1. The smallest absolute Gasteiger partial charge is 0.240 e. The molecule has 2 aliphatic rings. The Morgan fingerprint density at radius 3 is 2.76 bits per heavy atom. The summed E-state index contributed by atoms with van der Waals surface area (Å²) < 4.78 is 5.46. The third kappa shape index (κ3) is 2.97. The Labute approximate surface area is 103 Å². The largest absolute Gasteiger partial charge is 0.378 e. The number of hydrogen-bond acceptors (Lipinski definition) is 4. The summed E-state index contributed by atoms with van der Waals surface area (Å²) in [4.78, 5) is 14.0. The Kier molecular flexibility index (Phi) is 3.43. The lowest BCUT2D eigenvalue weighted by molar-refractivity contribution is -0.123. The number of amides is 1. The van der Waals surface area contributed by atoms with E-state index >= 15 is 0 Å². The van der Waals surface area contributed by atoms with E-state index in [-0.39, 0.29) is 11.4 Å². The maximum atomic E-state index is 11.7. The molecule has 0 aromatic rings. The number of nitrogens with zero attached hydrogens (tertiary/aromatic N) is 1. The van der Waals surface area contributed by atoms with Crippen molar-refractivity contribution < 1.29 is 9.53 Å². The van der Waals surface area contributed by atoms with Crippen LogP contribution in [-0.4, -0.2) is 54.7 Å². The first-order valence-corrected chi connectivity index (χ1v) is 6.34. The van der Waals surface area contributed by atoms with Crippen LogP contribution in [0.2, 0.25) is 0 Å². The molecule has 1 aliphatic heterocycles. The molecule has 0 radical (unpaired) electrons. The Morgan fingerprint density at radius 1 is 1.47 bits per heavy atom. The molecular weight excluding hydrogens is 218 g/mol. The maximum Gasteiger partial charge on any atom is 0.240 e. The quantitative estimate of drug-likeness (QED) is 0.709. The normalized spacial score (nSPS) is 26.5. The molecule has 0 atom stereocenters. The van der Waals surface area contributed by atoms with Gasteiger partial charge in [-0.25, -0.2) is 0 Å². The third-order valence-electron chi connectivity index (χ3n) is 3.73. The van der Waals surface area contributed by atoms with Crippen molar-refractivity contribution >= 4 is 5.91 Å². The van der Waals surface area contributed by atoms with E-state index in [9.17, 15) is 4.79 Å². The summed E-state index contributed by atoms with van der Waals surface area (Å²) >= 11 is 0. The van der Waals surface area contributed by atoms with Gasteiger partial charge in [0.2, 0.25) is 5.91 Å².